The Labute approximate surface area is 192 Å². The zero-order valence-electron chi connectivity index (χ0n) is 18.8. The molecule has 0 radical (unpaired) electrons. The summed E-state index contributed by atoms with van der Waals surface area (Å²) in [4.78, 5) is 40.0. The van der Waals surface area contributed by atoms with Crippen molar-refractivity contribution in [2.24, 2.45) is 11.8 Å². The Balaban J connectivity index is 1.69. The van der Waals surface area contributed by atoms with Crippen LogP contribution >= 0.6 is 0 Å². The number of amides is 3. The summed E-state index contributed by atoms with van der Waals surface area (Å²) in [5.74, 6) is -2.23. The second-order valence-corrected chi connectivity index (χ2v) is 8.71. The van der Waals surface area contributed by atoms with Gasteiger partial charge in [0.1, 0.15) is 17.7 Å². The molecule has 2 aromatic carbocycles. The molecule has 1 saturated heterocycles. The third-order valence-corrected chi connectivity index (χ3v) is 5.76. The Morgan fingerprint density at radius 3 is 2.24 bits per heavy atom. The van der Waals surface area contributed by atoms with E-state index in [0.717, 1.165) is 0 Å². The maximum absolute atomic E-state index is 14.1. The predicted octanol–water partition coefficient (Wildman–Crippen LogP) is 3.39. The van der Waals surface area contributed by atoms with E-state index in [1.807, 2.05) is 13.8 Å². The van der Waals surface area contributed by atoms with Crippen LogP contribution < -0.4 is 10.6 Å². The van der Waals surface area contributed by atoms with Crippen LogP contribution in [0.5, 0.6) is 0 Å². The van der Waals surface area contributed by atoms with Gasteiger partial charge < -0.3 is 15.5 Å². The van der Waals surface area contributed by atoms with Crippen LogP contribution in [-0.4, -0.2) is 48.3 Å². The van der Waals surface area contributed by atoms with Crippen molar-refractivity contribution in [3.63, 3.8) is 0 Å². The van der Waals surface area contributed by atoms with Gasteiger partial charge in [-0.3, -0.25) is 14.4 Å². The summed E-state index contributed by atoms with van der Waals surface area (Å²) in [6.45, 7) is 5.17. The van der Waals surface area contributed by atoms with Crippen molar-refractivity contribution < 1.29 is 23.2 Å². The first-order valence-electron chi connectivity index (χ1n) is 11.1. The Morgan fingerprint density at radius 2 is 1.64 bits per heavy atom. The molecule has 0 aromatic heterocycles. The van der Waals surface area contributed by atoms with Gasteiger partial charge in [-0.25, -0.2) is 8.78 Å². The van der Waals surface area contributed by atoms with E-state index in [-0.39, 0.29) is 29.2 Å². The summed E-state index contributed by atoms with van der Waals surface area (Å²) >= 11 is 0. The van der Waals surface area contributed by atoms with Crippen LogP contribution in [0.1, 0.15) is 47.4 Å². The number of hydrogen-bond donors (Lipinski definition) is 2. The fourth-order valence-electron chi connectivity index (χ4n) is 3.89. The number of halogens is 2. The first-order chi connectivity index (χ1) is 15.8. The van der Waals surface area contributed by atoms with E-state index in [4.69, 9.17) is 0 Å². The standard InChI is InChI=1S/C25H29F2N3O3/c1-16(2)15-28-24(32)22(29-23(31)20-5-3-4-6-21(20)27)17-11-13-30(14-12-17)25(33)18-7-9-19(26)10-8-18/h3-10,16-17,22H,11-15H2,1-2H3,(H,28,32)(H,29,31). The van der Waals surface area contributed by atoms with E-state index in [2.05, 4.69) is 10.6 Å². The Kier molecular flexibility index (Phi) is 8.14. The van der Waals surface area contributed by atoms with E-state index >= 15 is 0 Å². The van der Waals surface area contributed by atoms with Gasteiger partial charge >= 0.3 is 0 Å². The first kappa shape index (κ1) is 24.4. The molecule has 0 aliphatic carbocycles. The topological polar surface area (TPSA) is 78.5 Å². The highest BCUT2D eigenvalue weighted by molar-refractivity contribution is 5.98. The van der Waals surface area contributed by atoms with Gasteiger partial charge in [0, 0.05) is 25.2 Å². The normalized spacial score (nSPS) is 15.2. The van der Waals surface area contributed by atoms with Crippen molar-refractivity contribution >= 4 is 17.7 Å². The summed E-state index contributed by atoms with van der Waals surface area (Å²) in [6, 6.07) is 10.2. The molecule has 1 aliphatic heterocycles. The van der Waals surface area contributed by atoms with E-state index in [1.165, 1.54) is 42.5 Å². The van der Waals surface area contributed by atoms with Gasteiger partial charge in [-0.05, 0) is 61.1 Å². The monoisotopic (exact) mass is 457 g/mol. The van der Waals surface area contributed by atoms with Crippen molar-refractivity contribution in [2.75, 3.05) is 19.6 Å². The molecular formula is C25H29F2N3O3. The Hall–Kier alpha value is -3.29. The quantitative estimate of drug-likeness (QED) is 0.669. The Morgan fingerprint density at radius 1 is 1.00 bits per heavy atom. The molecule has 0 saturated carbocycles. The molecular weight excluding hydrogens is 428 g/mol. The van der Waals surface area contributed by atoms with E-state index < -0.39 is 23.6 Å². The number of nitrogens with one attached hydrogen (secondary N) is 2. The highest BCUT2D eigenvalue weighted by atomic mass is 19.1. The van der Waals surface area contributed by atoms with Crippen molar-refractivity contribution in [1.29, 1.82) is 0 Å². The lowest BCUT2D eigenvalue weighted by Gasteiger charge is -2.36. The fraction of sp³-hybridized carbons (Fsp3) is 0.400. The van der Waals surface area contributed by atoms with Crippen molar-refractivity contribution in [2.45, 2.75) is 32.7 Å². The lowest BCUT2D eigenvalue weighted by Crippen LogP contribution is -2.54. The molecule has 1 atom stereocenters. The average Bonchev–Trinajstić information content (AvgIpc) is 2.81. The number of nitrogens with zero attached hydrogens (tertiary/aromatic N) is 1. The minimum Gasteiger partial charge on any atom is -0.354 e. The van der Waals surface area contributed by atoms with Crippen LogP contribution in [-0.2, 0) is 4.79 Å². The zero-order chi connectivity index (χ0) is 24.0. The lowest BCUT2D eigenvalue weighted by molar-refractivity contribution is -0.124. The molecule has 1 unspecified atom stereocenters. The second-order valence-electron chi connectivity index (χ2n) is 8.71. The first-order valence-corrected chi connectivity index (χ1v) is 11.1. The van der Waals surface area contributed by atoms with Crippen molar-refractivity contribution in [3.05, 3.63) is 71.3 Å². The zero-order valence-corrected chi connectivity index (χ0v) is 18.8. The van der Waals surface area contributed by atoms with Gasteiger partial charge in [-0.1, -0.05) is 26.0 Å². The van der Waals surface area contributed by atoms with E-state index in [0.29, 0.717) is 38.0 Å². The molecule has 2 N–H and O–H groups in total. The molecule has 0 spiro atoms. The van der Waals surface area contributed by atoms with E-state index in [9.17, 15) is 23.2 Å². The molecule has 33 heavy (non-hydrogen) atoms. The summed E-state index contributed by atoms with van der Waals surface area (Å²) in [6.07, 6.45) is 0.981. The van der Waals surface area contributed by atoms with Gasteiger partial charge in [0.2, 0.25) is 5.91 Å². The molecule has 0 bridgehead atoms. The number of carbonyl (C=O) groups excluding carboxylic acids is 3. The summed E-state index contributed by atoms with van der Waals surface area (Å²) in [5, 5.41) is 5.57. The van der Waals surface area contributed by atoms with Crippen molar-refractivity contribution in [3.8, 4) is 0 Å². The second kappa shape index (κ2) is 11.0. The highest BCUT2D eigenvalue weighted by Gasteiger charge is 2.34. The smallest absolute Gasteiger partial charge is 0.254 e. The van der Waals surface area contributed by atoms with Crippen LogP contribution in [0.4, 0.5) is 8.78 Å². The van der Waals surface area contributed by atoms with Gasteiger partial charge in [-0.2, -0.15) is 0 Å². The fourth-order valence-corrected chi connectivity index (χ4v) is 3.89. The summed E-state index contributed by atoms with van der Waals surface area (Å²) in [7, 11) is 0. The van der Waals surface area contributed by atoms with Crippen LogP contribution in [0.25, 0.3) is 0 Å². The molecule has 8 heteroatoms. The minimum atomic E-state index is -0.848. The van der Waals surface area contributed by atoms with Crippen LogP contribution in [0.2, 0.25) is 0 Å². The molecule has 1 aliphatic rings. The molecule has 6 nitrogen and oxygen atoms in total. The van der Waals surface area contributed by atoms with E-state index in [1.54, 1.807) is 11.0 Å². The average molecular weight is 458 g/mol. The number of likely N-dealkylation sites (tertiary alicyclic amines) is 1. The largest absolute Gasteiger partial charge is 0.354 e. The SMILES string of the molecule is CC(C)CNC(=O)C(NC(=O)c1ccccc1F)C1CCN(C(=O)c2ccc(F)cc2)CC1. The van der Waals surface area contributed by atoms with Crippen LogP contribution in [0, 0.1) is 23.5 Å². The molecule has 3 rings (SSSR count). The molecule has 2 aromatic rings. The third-order valence-electron chi connectivity index (χ3n) is 5.76. The van der Waals surface area contributed by atoms with Gasteiger partial charge in [-0.15, -0.1) is 0 Å². The number of piperidine rings is 1. The molecule has 3 amide bonds. The maximum atomic E-state index is 14.1. The number of rotatable bonds is 7. The van der Waals surface area contributed by atoms with Crippen molar-refractivity contribution in [1.82, 2.24) is 15.5 Å². The van der Waals surface area contributed by atoms with Crippen LogP contribution in [0.15, 0.2) is 48.5 Å². The molecule has 176 valence electrons. The minimum absolute atomic E-state index is 0.122. The van der Waals surface area contributed by atoms with Crippen LogP contribution in [0.3, 0.4) is 0 Å². The summed E-state index contributed by atoms with van der Waals surface area (Å²) < 4.78 is 27.2. The third kappa shape index (κ3) is 6.37. The summed E-state index contributed by atoms with van der Waals surface area (Å²) in [5.41, 5.74) is 0.275. The maximum Gasteiger partial charge on any atom is 0.254 e. The number of benzene rings is 2. The van der Waals surface area contributed by atoms with Gasteiger partial charge in [0.15, 0.2) is 0 Å². The predicted molar refractivity (Wildman–Crippen MR) is 121 cm³/mol. The number of hydrogen-bond acceptors (Lipinski definition) is 3. The highest BCUT2D eigenvalue weighted by Crippen LogP contribution is 2.23. The number of carbonyl (C=O) groups is 3. The van der Waals surface area contributed by atoms with Gasteiger partial charge in [0.25, 0.3) is 11.8 Å². The lowest BCUT2D eigenvalue weighted by atomic mass is 9.88. The van der Waals surface area contributed by atoms with Gasteiger partial charge in [0.05, 0.1) is 5.56 Å². The molecule has 1 fully saturated rings. The molecule has 1 heterocycles. The Bertz CT molecular complexity index is 987.